The molecule has 0 spiro atoms. The molecule has 0 saturated heterocycles. The van der Waals surface area contributed by atoms with E-state index in [4.69, 9.17) is 5.84 Å². The SMILES string of the molecule is NN1C(=O)c2cccnc2C1=O. The van der Waals surface area contributed by atoms with Crippen molar-refractivity contribution in [2.75, 3.05) is 0 Å². The highest BCUT2D eigenvalue weighted by Crippen LogP contribution is 2.16. The van der Waals surface area contributed by atoms with Crippen molar-refractivity contribution in [3.8, 4) is 0 Å². The Bertz CT molecular complexity index is 340. The Hall–Kier alpha value is -1.75. The first-order chi connectivity index (χ1) is 5.72. The van der Waals surface area contributed by atoms with Crippen LogP contribution in [-0.2, 0) is 0 Å². The van der Waals surface area contributed by atoms with Crippen LogP contribution in [0.3, 0.4) is 0 Å². The van der Waals surface area contributed by atoms with Gasteiger partial charge in [0.2, 0.25) is 0 Å². The molecule has 1 aliphatic rings. The molecule has 2 N–H and O–H groups in total. The number of imide groups is 1. The number of hydrazine groups is 1. The predicted octanol–water partition coefficient (Wildman–Crippen LogP) is -0.449. The quantitative estimate of drug-likeness (QED) is 0.319. The predicted molar refractivity (Wildman–Crippen MR) is 38.9 cm³/mol. The van der Waals surface area contributed by atoms with Crippen LogP contribution in [0.5, 0.6) is 0 Å². The van der Waals surface area contributed by atoms with Crippen LogP contribution < -0.4 is 5.84 Å². The third-order valence-electron chi connectivity index (χ3n) is 1.68. The van der Waals surface area contributed by atoms with E-state index >= 15 is 0 Å². The minimum atomic E-state index is -0.546. The first-order valence-electron chi connectivity index (χ1n) is 3.30. The van der Waals surface area contributed by atoms with Gasteiger partial charge in [0.15, 0.2) is 0 Å². The summed E-state index contributed by atoms with van der Waals surface area (Å²) in [6.07, 6.45) is 1.45. The van der Waals surface area contributed by atoms with Crippen LogP contribution in [0.15, 0.2) is 18.3 Å². The number of fused-ring (bicyclic) bond motifs is 1. The minimum Gasteiger partial charge on any atom is -0.267 e. The fourth-order valence-corrected chi connectivity index (χ4v) is 1.08. The van der Waals surface area contributed by atoms with Crippen molar-refractivity contribution in [1.82, 2.24) is 9.99 Å². The van der Waals surface area contributed by atoms with Crippen molar-refractivity contribution in [3.05, 3.63) is 29.6 Å². The van der Waals surface area contributed by atoms with Crippen molar-refractivity contribution >= 4 is 11.8 Å². The number of aromatic nitrogens is 1. The van der Waals surface area contributed by atoms with E-state index in [1.54, 1.807) is 6.07 Å². The van der Waals surface area contributed by atoms with E-state index in [-0.39, 0.29) is 11.3 Å². The first-order valence-corrected chi connectivity index (χ1v) is 3.30. The van der Waals surface area contributed by atoms with Gasteiger partial charge in [-0.3, -0.25) is 14.6 Å². The number of pyridine rings is 1. The number of carbonyl (C=O) groups excluding carboxylic acids is 2. The highest BCUT2D eigenvalue weighted by molar-refractivity contribution is 6.19. The van der Waals surface area contributed by atoms with Crippen molar-refractivity contribution in [2.24, 2.45) is 5.84 Å². The summed E-state index contributed by atoms with van der Waals surface area (Å²) in [5, 5.41) is 0.567. The molecule has 2 rings (SSSR count). The van der Waals surface area contributed by atoms with Crippen LogP contribution in [-0.4, -0.2) is 21.8 Å². The molecule has 2 amide bonds. The summed E-state index contributed by atoms with van der Waals surface area (Å²) in [6.45, 7) is 0. The monoisotopic (exact) mass is 163 g/mol. The molecule has 0 radical (unpaired) electrons. The molecule has 0 saturated carbocycles. The Morgan fingerprint density at radius 2 is 2.08 bits per heavy atom. The maximum atomic E-state index is 11.1. The van der Waals surface area contributed by atoms with Gasteiger partial charge in [-0.15, -0.1) is 0 Å². The van der Waals surface area contributed by atoms with Gasteiger partial charge in [0.05, 0.1) is 5.56 Å². The topological polar surface area (TPSA) is 76.3 Å². The van der Waals surface area contributed by atoms with Gasteiger partial charge in [-0.1, -0.05) is 0 Å². The summed E-state index contributed by atoms with van der Waals surface area (Å²) >= 11 is 0. The fraction of sp³-hybridized carbons (Fsp3) is 0. The van der Waals surface area contributed by atoms with Crippen molar-refractivity contribution in [1.29, 1.82) is 0 Å². The van der Waals surface area contributed by atoms with Gasteiger partial charge in [-0.2, -0.15) is 0 Å². The molecule has 0 aliphatic carbocycles. The average Bonchev–Trinajstić information content (AvgIpc) is 2.33. The van der Waals surface area contributed by atoms with Crippen LogP contribution in [0.2, 0.25) is 0 Å². The molecule has 0 aromatic carbocycles. The molecule has 1 aromatic heterocycles. The molecule has 60 valence electrons. The number of hydrogen-bond donors (Lipinski definition) is 1. The zero-order valence-corrected chi connectivity index (χ0v) is 6.02. The highest BCUT2D eigenvalue weighted by Gasteiger charge is 2.34. The lowest BCUT2D eigenvalue weighted by molar-refractivity contribution is 0.0652. The second-order valence-corrected chi connectivity index (χ2v) is 2.38. The number of carbonyl (C=O) groups is 2. The van der Waals surface area contributed by atoms with E-state index < -0.39 is 11.8 Å². The highest BCUT2D eigenvalue weighted by atomic mass is 16.2. The molecule has 0 fully saturated rings. The Morgan fingerprint density at radius 3 is 2.75 bits per heavy atom. The van der Waals surface area contributed by atoms with Gasteiger partial charge in [0.25, 0.3) is 11.8 Å². The average molecular weight is 163 g/mol. The zero-order valence-electron chi connectivity index (χ0n) is 6.02. The van der Waals surface area contributed by atoms with Gasteiger partial charge < -0.3 is 0 Å². The lowest BCUT2D eigenvalue weighted by Gasteiger charge is -2.01. The molecule has 0 bridgehead atoms. The molecule has 0 unspecified atom stereocenters. The summed E-state index contributed by atoms with van der Waals surface area (Å²) in [6, 6.07) is 3.11. The summed E-state index contributed by atoms with van der Waals surface area (Å²) in [4.78, 5) is 26.0. The van der Waals surface area contributed by atoms with Crippen LogP contribution in [0.4, 0.5) is 0 Å². The smallest absolute Gasteiger partial charge is 0.267 e. The normalized spacial score (nSPS) is 15.2. The van der Waals surface area contributed by atoms with E-state index in [1.165, 1.54) is 12.3 Å². The summed E-state index contributed by atoms with van der Waals surface area (Å²) in [5.41, 5.74) is 0.398. The molecular formula is C7H5N3O2. The summed E-state index contributed by atoms with van der Waals surface area (Å²) < 4.78 is 0. The largest absolute Gasteiger partial charge is 0.294 e. The maximum Gasteiger partial charge on any atom is 0.294 e. The number of hydrogen-bond acceptors (Lipinski definition) is 4. The van der Waals surface area contributed by atoms with Crippen LogP contribution in [0, 0.1) is 0 Å². The van der Waals surface area contributed by atoms with E-state index in [1.807, 2.05) is 0 Å². The molecule has 12 heavy (non-hydrogen) atoms. The zero-order chi connectivity index (χ0) is 8.72. The summed E-state index contributed by atoms with van der Waals surface area (Å²) in [7, 11) is 0. The van der Waals surface area contributed by atoms with Crippen LogP contribution >= 0.6 is 0 Å². The van der Waals surface area contributed by atoms with Crippen molar-refractivity contribution < 1.29 is 9.59 Å². The number of rotatable bonds is 0. The van der Waals surface area contributed by atoms with Crippen LogP contribution in [0.1, 0.15) is 20.8 Å². The van der Waals surface area contributed by atoms with Gasteiger partial charge >= 0.3 is 0 Å². The van der Waals surface area contributed by atoms with E-state index in [0.717, 1.165) is 0 Å². The lowest BCUT2D eigenvalue weighted by Crippen LogP contribution is -2.36. The number of amides is 2. The Labute approximate surface area is 67.8 Å². The molecule has 0 atom stereocenters. The minimum absolute atomic E-state index is 0.130. The second kappa shape index (κ2) is 2.12. The van der Waals surface area contributed by atoms with Crippen molar-refractivity contribution in [3.63, 3.8) is 0 Å². The van der Waals surface area contributed by atoms with E-state index in [0.29, 0.717) is 5.01 Å². The third kappa shape index (κ3) is 0.680. The lowest BCUT2D eigenvalue weighted by atomic mass is 10.2. The van der Waals surface area contributed by atoms with E-state index in [9.17, 15) is 9.59 Å². The van der Waals surface area contributed by atoms with Crippen LogP contribution in [0.25, 0.3) is 0 Å². The van der Waals surface area contributed by atoms with Gasteiger partial charge in [0.1, 0.15) is 5.69 Å². The molecule has 5 heteroatoms. The Balaban J connectivity index is 2.67. The molecule has 1 aromatic rings. The standard InChI is InChI=1S/C7H5N3O2/c8-10-6(11)4-2-1-3-9-5(4)7(10)12/h1-3H,8H2. The molecule has 2 heterocycles. The second-order valence-electron chi connectivity index (χ2n) is 2.38. The van der Waals surface area contributed by atoms with Gasteiger partial charge in [-0.05, 0) is 12.1 Å². The fourth-order valence-electron chi connectivity index (χ4n) is 1.08. The summed E-state index contributed by atoms with van der Waals surface area (Å²) in [5.74, 6) is 4.12. The molecule has 1 aliphatic heterocycles. The molecule has 5 nitrogen and oxygen atoms in total. The third-order valence-corrected chi connectivity index (χ3v) is 1.68. The Morgan fingerprint density at radius 1 is 1.33 bits per heavy atom. The maximum absolute atomic E-state index is 11.1. The number of nitrogens with two attached hydrogens (primary N) is 1. The van der Waals surface area contributed by atoms with Crippen molar-refractivity contribution in [2.45, 2.75) is 0 Å². The van der Waals surface area contributed by atoms with E-state index in [2.05, 4.69) is 4.98 Å². The Kier molecular flexibility index (Phi) is 1.22. The van der Waals surface area contributed by atoms with Gasteiger partial charge in [-0.25, -0.2) is 10.9 Å². The number of nitrogens with zero attached hydrogens (tertiary/aromatic N) is 2. The molecular weight excluding hydrogens is 158 g/mol. The first kappa shape index (κ1) is 6.93. The van der Waals surface area contributed by atoms with Gasteiger partial charge in [0, 0.05) is 6.20 Å².